The molecule has 7 nitrogen and oxygen atoms in total. The fourth-order valence-corrected chi connectivity index (χ4v) is 2.20. The number of carbonyl (C=O) groups is 1. The van der Waals surface area contributed by atoms with E-state index >= 15 is 0 Å². The van der Waals surface area contributed by atoms with Crippen LogP contribution in [0.4, 0.5) is 0 Å². The first kappa shape index (κ1) is 17.4. The third kappa shape index (κ3) is 4.29. The minimum Gasteiger partial charge on any atom is -0.497 e. The van der Waals surface area contributed by atoms with Gasteiger partial charge in [-0.25, -0.2) is 4.79 Å². The fraction of sp³-hybridized carbons (Fsp3) is 0.438. The zero-order valence-corrected chi connectivity index (χ0v) is 12.8. The summed E-state index contributed by atoms with van der Waals surface area (Å²) in [6.07, 6.45) is -3.59. The number of hydrogen-bond acceptors (Lipinski definition) is 7. The highest BCUT2D eigenvalue weighted by Crippen LogP contribution is 2.22. The summed E-state index contributed by atoms with van der Waals surface area (Å²) < 4.78 is 15.0. The van der Waals surface area contributed by atoms with E-state index in [1.54, 1.807) is 31.4 Å². The van der Waals surface area contributed by atoms with Gasteiger partial charge in [0, 0.05) is 6.08 Å². The van der Waals surface area contributed by atoms with E-state index in [0.717, 1.165) is 5.56 Å². The molecule has 7 heteroatoms. The molecule has 0 radical (unpaired) electrons. The second kappa shape index (κ2) is 7.56. The van der Waals surface area contributed by atoms with Crippen LogP contribution in [0.5, 0.6) is 5.75 Å². The molecule has 0 aromatic heterocycles. The van der Waals surface area contributed by atoms with E-state index in [0.29, 0.717) is 5.75 Å². The van der Waals surface area contributed by atoms with Crippen LogP contribution in [-0.2, 0) is 14.3 Å². The lowest BCUT2D eigenvalue weighted by Gasteiger charge is -2.38. The van der Waals surface area contributed by atoms with Crippen molar-refractivity contribution in [3.05, 3.63) is 35.9 Å². The molecule has 0 spiro atoms. The molecular weight excluding hydrogens is 304 g/mol. The van der Waals surface area contributed by atoms with Gasteiger partial charge in [-0.2, -0.15) is 0 Å². The van der Waals surface area contributed by atoms with Gasteiger partial charge >= 0.3 is 5.97 Å². The lowest BCUT2D eigenvalue weighted by atomic mass is 10.00. The Morgan fingerprint density at radius 3 is 2.43 bits per heavy atom. The number of esters is 1. The van der Waals surface area contributed by atoms with Gasteiger partial charge in [0.05, 0.1) is 13.2 Å². The SMILES string of the molecule is COc1ccc(/C=C/C(=O)O[C@@H]2[C@@H](O)[C@H](C)O[C@H](O)[C@@H]2O)cc1. The Labute approximate surface area is 133 Å². The lowest BCUT2D eigenvalue weighted by molar-refractivity contribution is -0.280. The first-order valence-corrected chi connectivity index (χ1v) is 7.15. The molecule has 1 aliphatic heterocycles. The maximum Gasteiger partial charge on any atom is 0.331 e. The number of hydrogen-bond donors (Lipinski definition) is 3. The van der Waals surface area contributed by atoms with Crippen LogP contribution in [0.25, 0.3) is 6.08 Å². The Morgan fingerprint density at radius 2 is 1.83 bits per heavy atom. The molecule has 5 atom stereocenters. The first-order chi connectivity index (χ1) is 10.9. The van der Waals surface area contributed by atoms with E-state index in [4.69, 9.17) is 14.2 Å². The summed E-state index contributed by atoms with van der Waals surface area (Å²) in [6.45, 7) is 1.51. The summed E-state index contributed by atoms with van der Waals surface area (Å²) in [5.41, 5.74) is 0.754. The highest BCUT2D eigenvalue weighted by molar-refractivity contribution is 5.87. The maximum atomic E-state index is 11.8. The molecule has 23 heavy (non-hydrogen) atoms. The van der Waals surface area contributed by atoms with Crippen LogP contribution in [0.15, 0.2) is 30.3 Å². The summed E-state index contributed by atoms with van der Waals surface area (Å²) >= 11 is 0. The summed E-state index contributed by atoms with van der Waals surface area (Å²) in [5.74, 6) is -0.0497. The molecule has 1 aromatic carbocycles. The second-order valence-corrected chi connectivity index (χ2v) is 5.22. The Kier molecular flexibility index (Phi) is 5.73. The molecule has 0 unspecified atom stereocenters. The Bertz CT molecular complexity index is 540. The average Bonchev–Trinajstić information content (AvgIpc) is 2.55. The number of methoxy groups -OCH3 is 1. The van der Waals surface area contributed by atoms with Crippen LogP contribution in [0.3, 0.4) is 0 Å². The maximum absolute atomic E-state index is 11.8. The van der Waals surface area contributed by atoms with Gasteiger partial charge in [0.25, 0.3) is 0 Å². The zero-order chi connectivity index (χ0) is 17.0. The number of rotatable bonds is 4. The molecule has 1 heterocycles. The lowest BCUT2D eigenvalue weighted by Crippen LogP contribution is -2.58. The molecule has 0 bridgehead atoms. The molecule has 2 rings (SSSR count). The molecular formula is C16H20O7. The van der Waals surface area contributed by atoms with E-state index in [-0.39, 0.29) is 0 Å². The van der Waals surface area contributed by atoms with E-state index < -0.39 is 36.7 Å². The molecule has 126 valence electrons. The normalized spacial score (nSPS) is 31.1. The van der Waals surface area contributed by atoms with Crippen LogP contribution in [-0.4, -0.2) is 59.1 Å². The van der Waals surface area contributed by atoms with Crippen molar-refractivity contribution in [3.63, 3.8) is 0 Å². The molecule has 1 aromatic rings. The minimum atomic E-state index is -1.52. The summed E-state index contributed by atoms with van der Waals surface area (Å²) in [7, 11) is 1.56. The van der Waals surface area contributed by atoms with Crippen LogP contribution in [0.1, 0.15) is 12.5 Å². The number of aliphatic hydroxyl groups is 3. The smallest absolute Gasteiger partial charge is 0.331 e. The third-order valence-corrected chi connectivity index (χ3v) is 3.58. The number of benzene rings is 1. The van der Waals surface area contributed by atoms with Crippen LogP contribution in [0, 0.1) is 0 Å². The molecule has 1 fully saturated rings. The van der Waals surface area contributed by atoms with Gasteiger partial charge in [0.1, 0.15) is 18.0 Å². The van der Waals surface area contributed by atoms with Gasteiger partial charge < -0.3 is 29.5 Å². The van der Waals surface area contributed by atoms with Crippen molar-refractivity contribution in [1.82, 2.24) is 0 Å². The van der Waals surface area contributed by atoms with Crippen LogP contribution in [0.2, 0.25) is 0 Å². The largest absolute Gasteiger partial charge is 0.497 e. The van der Waals surface area contributed by atoms with Crippen molar-refractivity contribution >= 4 is 12.0 Å². The number of ether oxygens (including phenoxy) is 3. The molecule has 0 aliphatic carbocycles. The average molecular weight is 324 g/mol. The highest BCUT2D eigenvalue weighted by atomic mass is 16.6. The number of carbonyl (C=O) groups excluding carboxylic acids is 1. The van der Waals surface area contributed by atoms with E-state index in [2.05, 4.69) is 0 Å². The Hall–Kier alpha value is -1.93. The van der Waals surface area contributed by atoms with Crippen molar-refractivity contribution in [2.75, 3.05) is 7.11 Å². The Morgan fingerprint density at radius 1 is 1.17 bits per heavy atom. The van der Waals surface area contributed by atoms with E-state index in [1.807, 2.05) is 0 Å². The zero-order valence-electron chi connectivity index (χ0n) is 12.8. The summed E-state index contributed by atoms with van der Waals surface area (Å²) in [5, 5.41) is 29.2. The minimum absolute atomic E-state index is 0.696. The summed E-state index contributed by atoms with van der Waals surface area (Å²) in [6, 6.07) is 7.00. The van der Waals surface area contributed by atoms with Crippen molar-refractivity contribution in [3.8, 4) is 5.75 Å². The van der Waals surface area contributed by atoms with Gasteiger partial charge in [-0.3, -0.25) is 0 Å². The van der Waals surface area contributed by atoms with Crippen molar-refractivity contribution in [2.24, 2.45) is 0 Å². The van der Waals surface area contributed by atoms with E-state index in [1.165, 1.54) is 19.1 Å². The first-order valence-electron chi connectivity index (χ1n) is 7.15. The van der Waals surface area contributed by atoms with Gasteiger partial charge in [-0.05, 0) is 30.7 Å². The summed E-state index contributed by atoms with van der Waals surface area (Å²) in [4.78, 5) is 11.8. The topological polar surface area (TPSA) is 105 Å². The molecule has 0 saturated carbocycles. The highest BCUT2D eigenvalue weighted by Gasteiger charge is 2.44. The predicted octanol–water partition coefficient (Wildman–Crippen LogP) is 0.0791. The monoisotopic (exact) mass is 324 g/mol. The Balaban J connectivity index is 1.98. The standard InChI is InChI=1S/C16H20O7/c1-9-13(18)15(14(19)16(20)22-9)23-12(17)8-5-10-3-6-11(21-2)7-4-10/h3-9,13-16,18-20H,1-2H3/b8-5+/t9-,13-,14+,15+,16-/m0/s1. The molecule has 1 aliphatic rings. The van der Waals surface area contributed by atoms with Crippen molar-refractivity contribution in [1.29, 1.82) is 0 Å². The molecule has 0 amide bonds. The second-order valence-electron chi connectivity index (χ2n) is 5.22. The van der Waals surface area contributed by atoms with Gasteiger partial charge in [-0.1, -0.05) is 12.1 Å². The molecule has 1 saturated heterocycles. The van der Waals surface area contributed by atoms with Crippen molar-refractivity contribution in [2.45, 2.75) is 37.6 Å². The van der Waals surface area contributed by atoms with Crippen molar-refractivity contribution < 1.29 is 34.3 Å². The predicted molar refractivity (Wildman–Crippen MR) is 80.5 cm³/mol. The van der Waals surface area contributed by atoms with Gasteiger partial charge in [-0.15, -0.1) is 0 Å². The number of aliphatic hydroxyl groups excluding tert-OH is 3. The quantitative estimate of drug-likeness (QED) is 0.532. The van der Waals surface area contributed by atoms with Crippen LogP contribution >= 0.6 is 0 Å². The molecule has 3 N–H and O–H groups in total. The van der Waals surface area contributed by atoms with Gasteiger partial charge in [0.15, 0.2) is 12.4 Å². The van der Waals surface area contributed by atoms with Gasteiger partial charge in [0.2, 0.25) is 0 Å². The fourth-order valence-electron chi connectivity index (χ4n) is 2.20. The third-order valence-electron chi connectivity index (χ3n) is 3.58. The van der Waals surface area contributed by atoms with E-state index in [9.17, 15) is 20.1 Å². The van der Waals surface area contributed by atoms with Crippen LogP contribution < -0.4 is 4.74 Å².